The smallest absolute Gasteiger partial charge is 0.343 e. The number of hydrogen-bond donors (Lipinski definition) is 0. The molecule has 0 aliphatic rings. The maximum absolute atomic E-state index is 13.2. The van der Waals surface area contributed by atoms with Crippen LogP contribution in [-0.2, 0) is 9.53 Å². The summed E-state index contributed by atoms with van der Waals surface area (Å²) in [5.74, 6) is 0.426. The van der Waals surface area contributed by atoms with E-state index in [-0.39, 0.29) is 18.1 Å². The molecule has 1 atom stereocenters. The number of hydrogen-bond acceptors (Lipinski definition) is 6. The summed E-state index contributed by atoms with van der Waals surface area (Å²) in [6, 6.07) is 10.3. The van der Waals surface area contributed by atoms with Crippen LogP contribution in [-0.4, -0.2) is 35.6 Å². The summed E-state index contributed by atoms with van der Waals surface area (Å²) in [6.07, 6.45) is 2.26. The lowest BCUT2D eigenvalue weighted by molar-refractivity contribution is -0.142. The summed E-state index contributed by atoms with van der Waals surface area (Å²) in [4.78, 5) is 29.3. The van der Waals surface area contributed by atoms with Crippen LogP contribution in [0.3, 0.4) is 0 Å². The molecule has 0 unspecified atom stereocenters. The van der Waals surface area contributed by atoms with Crippen molar-refractivity contribution in [3.8, 4) is 5.75 Å². The van der Waals surface area contributed by atoms with E-state index in [0.717, 1.165) is 10.9 Å². The highest BCUT2D eigenvalue weighted by molar-refractivity contribution is 9.10. The molecule has 31 heavy (non-hydrogen) atoms. The lowest BCUT2D eigenvalue weighted by Crippen LogP contribution is -2.23. The van der Waals surface area contributed by atoms with E-state index in [1.54, 1.807) is 30.3 Å². The van der Waals surface area contributed by atoms with Crippen molar-refractivity contribution in [2.45, 2.75) is 26.2 Å². The Morgan fingerprint density at radius 2 is 2.10 bits per heavy atom. The van der Waals surface area contributed by atoms with Crippen molar-refractivity contribution in [2.75, 3.05) is 13.7 Å². The highest BCUT2D eigenvalue weighted by Crippen LogP contribution is 2.23. The van der Waals surface area contributed by atoms with Gasteiger partial charge in [-0.15, -0.1) is 0 Å². The molecule has 0 amide bonds. The van der Waals surface area contributed by atoms with Gasteiger partial charge in [0, 0.05) is 21.0 Å². The van der Waals surface area contributed by atoms with E-state index >= 15 is 0 Å². The second-order valence-electron chi connectivity index (χ2n) is 6.85. The van der Waals surface area contributed by atoms with Crippen LogP contribution in [0.4, 0.5) is 0 Å². The Labute approximate surface area is 192 Å². The summed E-state index contributed by atoms with van der Waals surface area (Å²) in [6.45, 7) is 3.75. The molecule has 2 aromatic carbocycles. The number of halogens is 2. The van der Waals surface area contributed by atoms with Gasteiger partial charge in [-0.3, -0.25) is 4.79 Å². The topological polar surface area (TPSA) is 82.8 Å². The zero-order valence-corrected chi connectivity index (χ0v) is 19.6. The van der Waals surface area contributed by atoms with Gasteiger partial charge in [0.05, 0.1) is 24.2 Å². The minimum Gasteiger partial charge on any atom is -0.481 e. The number of carbonyl (C=O) groups is 1. The first-order chi connectivity index (χ1) is 14.8. The predicted octanol–water partition coefficient (Wildman–Crippen LogP) is 4.76. The number of esters is 1. The van der Waals surface area contributed by atoms with E-state index in [9.17, 15) is 9.59 Å². The molecule has 9 heteroatoms. The van der Waals surface area contributed by atoms with E-state index in [2.05, 4.69) is 30.8 Å². The quantitative estimate of drug-likeness (QED) is 0.341. The van der Waals surface area contributed by atoms with Gasteiger partial charge >= 0.3 is 5.97 Å². The maximum Gasteiger partial charge on any atom is 0.343 e. The molecule has 0 spiro atoms. The SMILES string of the molecule is CC[C@H](C)c1nc2ccc(Br)cc2c(=O)n1N=Cc1cc(Cl)ccc1OCC(=O)OC. The number of benzene rings is 2. The summed E-state index contributed by atoms with van der Waals surface area (Å²) >= 11 is 9.52. The fourth-order valence-corrected chi connectivity index (χ4v) is 3.39. The summed E-state index contributed by atoms with van der Waals surface area (Å²) in [7, 11) is 1.28. The van der Waals surface area contributed by atoms with Gasteiger partial charge in [0.2, 0.25) is 0 Å². The number of ether oxygens (including phenoxy) is 2. The molecule has 0 saturated carbocycles. The molecule has 3 rings (SSSR count). The monoisotopic (exact) mass is 505 g/mol. The van der Waals surface area contributed by atoms with E-state index in [0.29, 0.717) is 33.1 Å². The average Bonchev–Trinajstić information content (AvgIpc) is 2.77. The Hall–Kier alpha value is -2.71. The van der Waals surface area contributed by atoms with Crippen molar-refractivity contribution in [1.82, 2.24) is 9.66 Å². The Balaban J connectivity index is 2.10. The van der Waals surface area contributed by atoms with Crippen molar-refractivity contribution in [3.05, 3.63) is 67.6 Å². The molecule has 1 aromatic heterocycles. The van der Waals surface area contributed by atoms with Gasteiger partial charge in [0.1, 0.15) is 11.6 Å². The summed E-state index contributed by atoms with van der Waals surface area (Å²) in [5.41, 5.74) is 0.837. The molecule has 7 nitrogen and oxygen atoms in total. The summed E-state index contributed by atoms with van der Waals surface area (Å²) in [5, 5.41) is 5.33. The number of carbonyl (C=O) groups excluding carboxylic acids is 1. The third-order valence-electron chi connectivity index (χ3n) is 4.74. The number of methoxy groups -OCH3 is 1. The predicted molar refractivity (Wildman–Crippen MR) is 124 cm³/mol. The molecule has 0 aliphatic carbocycles. The van der Waals surface area contributed by atoms with Crippen LogP contribution in [0.1, 0.15) is 37.6 Å². The van der Waals surface area contributed by atoms with Crippen molar-refractivity contribution < 1.29 is 14.3 Å². The second-order valence-corrected chi connectivity index (χ2v) is 8.20. The number of aromatic nitrogens is 2. The molecule has 0 saturated heterocycles. The molecule has 0 aliphatic heterocycles. The van der Waals surface area contributed by atoms with Crippen LogP contribution < -0.4 is 10.3 Å². The van der Waals surface area contributed by atoms with E-state index < -0.39 is 5.97 Å². The van der Waals surface area contributed by atoms with Crippen LogP contribution >= 0.6 is 27.5 Å². The Morgan fingerprint density at radius 3 is 2.81 bits per heavy atom. The highest BCUT2D eigenvalue weighted by atomic mass is 79.9. The highest BCUT2D eigenvalue weighted by Gasteiger charge is 2.16. The van der Waals surface area contributed by atoms with Gasteiger partial charge in [-0.1, -0.05) is 41.4 Å². The Morgan fingerprint density at radius 1 is 1.32 bits per heavy atom. The van der Waals surface area contributed by atoms with Crippen LogP contribution in [0.15, 0.2) is 50.8 Å². The normalized spacial score (nSPS) is 12.3. The fourth-order valence-electron chi connectivity index (χ4n) is 2.85. The third-order valence-corrected chi connectivity index (χ3v) is 5.47. The van der Waals surface area contributed by atoms with Crippen LogP contribution in [0, 0.1) is 0 Å². The van der Waals surface area contributed by atoms with Gasteiger partial charge in [0.15, 0.2) is 6.61 Å². The average molecular weight is 507 g/mol. The lowest BCUT2D eigenvalue weighted by atomic mass is 10.1. The molecule has 0 radical (unpaired) electrons. The zero-order valence-electron chi connectivity index (χ0n) is 17.3. The van der Waals surface area contributed by atoms with Crippen molar-refractivity contribution >= 4 is 50.6 Å². The minimum absolute atomic E-state index is 0.00676. The largest absolute Gasteiger partial charge is 0.481 e. The Bertz CT molecular complexity index is 1210. The second kappa shape index (κ2) is 10.1. The third kappa shape index (κ3) is 5.32. The molecular weight excluding hydrogens is 486 g/mol. The molecule has 0 N–H and O–H groups in total. The molecule has 3 aromatic rings. The molecule has 162 valence electrons. The standard InChI is InChI=1S/C22H21BrClN3O4/c1-4-13(2)21-26-18-7-5-15(23)10-17(18)22(29)27(21)25-11-14-9-16(24)6-8-19(14)31-12-20(28)30-3/h5-11,13H,4,12H2,1-3H3/t13-/m0/s1. The summed E-state index contributed by atoms with van der Waals surface area (Å²) < 4.78 is 12.2. The van der Waals surface area contributed by atoms with Crippen molar-refractivity contribution in [3.63, 3.8) is 0 Å². The molecule has 1 heterocycles. The maximum atomic E-state index is 13.2. The fraction of sp³-hybridized carbons (Fsp3) is 0.273. The number of rotatable bonds is 7. The number of fused-ring (bicyclic) bond motifs is 1. The van der Waals surface area contributed by atoms with Gasteiger partial charge in [0.25, 0.3) is 5.56 Å². The molecular formula is C22H21BrClN3O4. The van der Waals surface area contributed by atoms with E-state index in [1.165, 1.54) is 18.0 Å². The van der Waals surface area contributed by atoms with Gasteiger partial charge in [-0.05, 0) is 42.8 Å². The lowest BCUT2D eigenvalue weighted by Gasteiger charge is -2.14. The van der Waals surface area contributed by atoms with Crippen LogP contribution in [0.5, 0.6) is 5.75 Å². The molecule has 0 fully saturated rings. The van der Waals surface area contributed by atoms with Gasteiger partial charge in [-0.25, -0.2) is 9.78 Å². The Kier molecular flexibility index (Phi) is 7.46. The van der Waals surface area contributed by atoms with Crippen molar-refractivity contribution in [1.29, 1.82) is 0 Å². The van der Waals surface area contributed by atoms with Crippen LogP contribution in [0.25, 0.3) is 10.9 Å². The molecule has 0 bridgehead atoms. The van der Waals surface area contributed by atoms with Crippen molar-refractivity contribution in [2.24, 2.45) is 5.10 Å². The van der Waals surface area contributed by atoms with Gasteiger partial charge < -0.3 is 9.47 Å². The zero-order chi connectivity index (χ0) is 22.5. The number of nitrogens with zero attached hydrogens (tertiary/aromatic N) is 3. The van der Waals surface area contributed by atoms with Gasteiger partial charge in [-0.2, -0.15) is 9.78 Å². The first kappa shape index (κ1) is 23.0. The first-order valence-corrected chi connectivity index (χ1v) is 10.8. The van der Waals surface area contributed by atoms with E-state index in [4.69, 9.17) is 16.3 Å². The minimum atomic E-state index is -0.516. The van der Waals surface area contributed by atoms with E-state index in [1.807, 2.05) is 19.9 Å². The first-order valence-electron chi connectivity index (χ1n) is 9.59. The van der Waals surface area contributed by atoms with Crippen LogP contribution in [0.2, 0.25) is 5.02 Å².